The van der Waals surface area contributed by atoms with Gasteiger partial charge in [-0.3, -0.25) is 14.1 Å². The quantitative estimate of drug-likeness (QED) is 0.0200. The van der Waals surface area contributed by atoms with E-state index in [0.29, 0.717) is 12.8 Å². The summed E-state index contributed by atoms with van der Waals surface area (Å²) in [5.41, 5.74) is 0. The Bertz CT molecular complexity index is 1180. The topological polar surface area (TPSA) is 186 Å². The van der Waals surface area contributed by atoms with Crippen LogP contribution >= 0.6 is 0 Å². The van der Waals surface area contributed by atoms with Crippen molar-refractivity contribution in [2.24, 2.45) is 0 Å². The molecule has 0 amide bonds. The van der Waals surface area contributed by atoms with Crippen molar-refractivity contribution in [1.29, 1.82) is 0 Å². The number of ether oxygens (including phenoxy) is 4. The number of unbranched alkanes of at least 4 members (excludes halogenated alkanes) is 22. The molecule has 0 bridgehead atoms. The van der Waals surface area contributed by atoms with Crippen LogP contribution in [0.2, 0.25) is 0 Å². The molecule has 340 valence electrons. The molecule has 1 saturated heterocycles. The first kappa shape index (κ1) is 54.1. The van der Waals surface area contributed by atoms with Crippen LogP contribution in [-0.4, -0.2) is 96.0 Å². The second-order valence-electron chi connectivity index (χ2n) is 16.1. The average Bonchev–Trinajstić information content (AvgIpc) is 3.18. The zero-order chi connectivity index (χ0) is 42.7. The van der Waals surface area contributed by atoms with Gasteiger partial charge in [0.1, 0.15) is 36.8 Å². The van der Waals surface area contributed by atoms with E-state index in [0.717, 1.165) is 38.5 Å². The summed E-state index contributed by atoms with van der Waals surface area (Å²) >= 11 is 0. The van der Waals surface area contributed by atoms with Gasteiger partial charge in [0, 0.05) is 12.8 Å². The molecule has 0 spiro atoms. The van der Waals surface area contributed by atoms with Crippen LogP contribution in [0.4, 0.5) is 0 Å². The number of carbonyl (C=O) groups is 2. The third-order valence-corrected chi connectivity index (χ3v) is 11.3. The molecule has 1 aliphatic heterocycles. The van der Waals surface area contributed by atoms with Gasteiger partial charge in [0.05, 0.1) is 6.61 Å². The van der Waals surface area contributed by atoms with Crippen LogP contribution in [0.25, 0.3) is 0 Å². The summed E-state index contributed by atoms with van der Waals surface area (Å²) in [6.45, 7) is 3.72. The Kier molecular flexibility index (Phi) is 33.5. The summed E-state index contributed by atoms with van der Waals surface area (Å²) in [5.74, 6) is -2.06. The molecule has 0 saturated carbocycles. The molecule has 0 aliphatic carbocycles. The number of rotatable bonds is 38. The van der Waals surface area contributed by atoms with Gasteiger partial charge in [-0.15, -0.1) is 0 Å². The van der Waals surface area contributed by atoms with Crippen LogP contribution in [0.1, 0.15) is 194 Å². The van der Waals surface area contributed by atoms with Crippen molar-refractivity contribution in [3.05, 3.63) is 24.3 Å². The van der Waals surface area contributed by atoms with Crippen molar-refractivity contribution in [3.8, 4) is 0 Å². The molecule has 1 rings (SSSR count). The molecule has 13 heteroatoms. The smallest absolute Gasteiger partial charge is 0.306 e. The Balaban J connectivity index is 2.47. The van der Waals surface area contributed by atoms with Crippen LogP contribution in [0.5, 0.6) is 0 Å². The summed E-state index contributed by atoms with van der Waals surface area (Å²) in [6, 6.07) is 0. The van der Waals surface area contributed by atoms with Crippen LogP contribution in [-0.2, 0) is 38.7 Å². The van der Waals surface area contributed by atoms with Gasteiger partial charge in [-0.1, -0.05) is 154 Å². The molecule has 0 aromatic rings. The molecule has 58 heavy (non-hydrogen) atoms. The molecule has 1 heterocycles. The molecule has 2 unspecified atom stereocenters. The first-order chi connectivity index (χ1) is 28.0. The zero-order valence-corrected chi connectivity index (χ0v) is 37.0. The van der Waals surface area contributed by atoms with Crippen LogP contribution in [0, 0.1) is 0 Å². The molecule has 1 fully saturated rings. The first-order valence-corrected chi connectivity index (χ1v) is 24.5. The molecule has 1 aliphatic rings. The van der Waals surface area contributed by atoms with E-state index in [1.54, 1.807) is 0 Å². The number of esters is 2. The van der Waals surface area contributed by atoms with E-state index in [2.05, 4.69) is 32.1 Å². The lowest BCUT2D eigenvalue weighted by molar-refractivity contribution is -0.297. The molecule has 12 nitrogen and oxygen atoms in total. The fraction of sp³-hybridized carbons (Fsp3) is 0.867. The van der Waals surface area contributed by atoms with Gasteiger partial charge in [0.15, 0.2) is 12.4 Å². The lowest BCUT2D eigenvalue weighted by atomic mass is 10.00. The van der Waals surface area contributed by atoms with Gasteiger partial charge in [-0.25, -0.2) is 0 Å². The van der Waals surface area contributed by atoms with Crippen molar-refractivity contribution in [2.45, 2.75) is 230 Å². The van der Waals surface area contributed by atoms with Gasteiger partial charge in [-0.2, -0.15) is 8.42 Å². The maximum Gasteiger partial charge on any atom is 0.306 e. The Morgan fingerprint density at radius 3 is 1.50 bits per heavy atom. The third kappa shape index (κ3) is 30.2. The number of carbonyl (C=O) groups excluding carboxylic acids is 2. The number of aliphatic hydroxyl groups is 3. The van der Waals surface area contributed by atoms with Crippen molar-refractivity contribution >= 4 is 22.1 Å². The minimum Gasteiger partial charge on any atom is -0.462 e. The fourth-order valence-electron chi connectivity index (χ4n) is 6.92. The summed E-state index contributed by atoms with van der Waals surface area (Å²) in [5, 5.41) is 30.9. The normalized spacial score (nSPS) is 20.6. The maximum atomic E-state index is 12.8. The largest absolute Gasteiger partial charge is 0.462 e. The Labute approximate surface area is 351 Å². The molecule has 6 atom stereocenters. The number of allylic oxidation sites excluding steroid dienone is 4. The molecule has 4 N–H and O–H groups in total. The lowest BCUT2D eigenvalue weighted by Crippen LogP contribution is -2.60. The fourth-order valence-corrected chi connectivity index (χ4v) is 7.62. The highest BCUT2D eigenvalue weighted by Crippen LogP contribution is 2.24. The zero-order valence-electron chi connectivity index (χ0n) is 36.2. The van der Waals surface area contributed by atoms with Gasteiger partial charge < -0.3 is 34.3 Å². The van der Waals surface area contributed by atoms with E-state index >= 15 is 0 Å². The van der Waals surface area contributed by atoms with E-state index in [4.69, 9.17) is 18.9 Å². The minimum absolute atomic E-state index is 0.135. The maximum absolute atomic E-state index is 12.8. The summed E-state index contributed by atoms with van der Waals surface area (Å²) < 4.78 is 54.0. The number of hydrogen-bond donors (Lipinski definition) is 4. The van der Waals surface area contributed by atoms with E-state index < -0.39 is 71.2 Å². The Morgan fingerprint density at radius 1 is 0.569 bits per heavy atom. The van der Waals surface area contributed by atoms with Crippen LogP contribution in [0.15, 0.2) is 24.3 Å². The van der Waals surface area contributed by atoms with E-state index in [1.165, 1.54) is 116 Å². The summed E-state index contributed by atoms with van der Waals surface area (Å²) in [6.07, 6.45) is 29.5. The highest BCUT2D eigenvalue weighted by atomic mass is 32.2. The summed E-state index contributed by atoms with van der Waals surface area (Å²) in [7, 11) is -4.60. The summed E-state index contributed by atoms with van der Waals surface area (Å²) in [4.78, 5) is 25.4. The van der Waals surface area contributed by atoms with E-state index in [1.807, 2.05) is 6.08 Å². The number of hydrogen-bond acceptors (Lipinski definition) is 11. The molecule has 0 radical (unpaired) electrons. The molecule has 0 aromatic carbocycles. The second-order valence-corrected chi connectivity index (χ2v) is 17.6. The predicted molar refractivity (Wildman–Crippen MR) is 229 cm³/mol. The average molecular weight is 847 g/mol. The van der Waals surface area contributed by atoms with Crippen LogP contribution in [0.3, 0.4) is 0 Å². The number of aliphatic hydroxyl groups excluding tert-OH is 3. The molecule has 0 aromatic heterocycles. The second kappa shape index (κ2) is 35.8. The Morgan fingerprint density at radius 2 is 1.02 bits per heavy atom. The Hall–Kier alpha value is -1.87. The monoisotopic (exact) mass is 847 g/mol. The van der Waals surface area contributed by atoms with Crippen molar-refractivity contribution in [2.75, 3.05) is 19.0 Å². The molecular formula is C45H82O12S. The highest BCUT2D eigenvalue weighted by molar-refractivity contribution is 7.85. The van der Waals surface area contributed by atoms with Crippen molar-refractivity contribution in [1.82, 2.24) is 0 Å². The van der Waals surface area contributed by atoms with Crippen molar-refractivity contribution in [3.63, 3.8) is 0 Å². The lowest BCUT2D eigenvalue weighted by Gasteiger charge is -2.40. The standard InChI is InChI=1S/C45H82O12S/c1-3-5-7-9-11-13-15-17-19-21-23-25-27-29-31-33-40(46)54-35-38(36-55-45-44(50)43(49)42(48)39(57-45)37-58(51,52)53)56-41(47)34-32-30-28-26-24-22-20-18-16-14-12-10-8-6-4-2/h22,24,27,29,38-39,42-45,48-50H,3-21,23,25-26,28,30-37H2,1-2H3,(H,51,52,53)/b24-22+,29-27+/t38-,39-,42-,43?,44?,45+/m1/s1. The molecular weight excluding hydrogens is 765 g/mol. The predicted octanol–water partition coefficient (Wildman–Crippen LogP) is 9.23. The van der Waals surface area contributed by atoms with Gasteiger partial charge in [0.25, 0.3) is 10.1 Å². The van der Waals surface area contributed by atoms with E-state index in [9.17, 15) is 37.9 Å². The van der Waals surface area contributed by atoms with Gasteiger partial charge in [-0.05, 0) is 51.4 Å². The van der Waals surface area contributed by atoms with Gasteiger partial charge >= 0.3 is 11.9 Å². The van der Waals surface area contributed by atoms with E-state index in [-0.39, 0.29) is 19.4 Å². The highest BCUT2D eigenvalue weighted by Gasteiger charge is 2.46. The minimum atomic E-state index is -4.60. The SMILES string of the molecule is CCCCCCCCCC/C=C/CCCCCC(=O)O[C@H](COC(=O)CC/C=C/CCCCCCCCCCCCC)CO[C@H]1O[C@H](CS(=O)(=O)O)[C@@H](O)C(O)C1O. The first-order valence-electron chi connectivity index (χ1n) is 22.9. The van der Waals surface area contributed by atoms with Crippen LogP contribution < -0.4 is 0 Å². The third-order valence-electron chi connectivity index (χ3n) is 10.5. The van der Waals surface area contributed by atoms with Crippen molar-refractivity contribution < 1.29 is 56.8 Å². The van der Waals surface area contributed by atoms with Gasteiger partial charge in [0.2, 0.25) is 0 Å².